The molecule has 1 aromatic rings. The molecule has 1 rings (SSSR count). The van der Waals surface area contributed by atoms with Crippen molar-refractivity contribution in [2.45, 2.75) is 32.2 Å². The minimum absolute atomic E-state index is 0.166. The van der Waals surface area contributed by atoms with Gasteiger partial charge in [-0.1, -0.05) is 0 Å². The zero-order valence-electron chi connectivity index (χ0n) is 7.55. The van der Waals surface area contributed by atoms with E-state index in [1.54, 1.807) is 6.92 Å². The number of nitrogens with zero attached hydrogens (tertiary/aromatic N) is 1. The van der Waals surface area contributed by atoms with E-state index in [1.807, 2.05) is 0 Å². The maximum absolute atomic E-state index is 12.5. The molecular formula is C8H12F2N2O. The number of aromatic nitrogens is 1. The number of hydrogen-bond acceptors (Lipinski definition) is 3. The molecule has 0 aliphatic carbocycles. The van der Waals surface area contributed by atoms with Crippen LogP contribution in [0, 0.1) is 0 Å². The molecule has 2 N–H and O–H groups in total. The molecule has 0 aliphatic rings. The van der Waals surface area contributed by atoms with Crippen LogP contribution in [-0.2, 0) is 6.42 Å². The summed E-state index contributed by atoms with van der Waals surface area (Å²) in [4.78, 5) is 3.77. The molecule has 0 bridgehead atoms. The summed E-state index contributed by atoms with van der Waals surface area (Å²) in [5, 5.41) is 0. The summed E-state index contributed by atoms with van der Waals surface area (Å²) >= 11 is 0. The van der Waals surface area contributed by atoms with E-state index in [9.17, 15) is 8.78 Å². The number of oxazole rings is 1. The Balaban J connectivity index is 2.70. The van der Waals surface area contributed by atoms with Crippen LogP contribution in [0.1, 0.15) is 31.5 Å². The summed E-state index contributed by atoms with van der Waals surface area (Å²) in [6.45, 7) is 2.51. The second-order valence-corrected chi connectivity index (χ2v) is 3.20. The molecule has 1 heterocycles. The molecule has 0 aliphatic heterocycles. The average molecular weight is 190 g/mol. The summed E-state index contributed by atoms with van der Waals surface area (Å²) in [7, 11) is 0. The number of rotatable bonds is 3. The van der Waals surface area contributed by atoms with Gasteiger partial charge in [-0.05, 0) is 13.8 Å². The fraction of sp³-hybridized carbons (Fsp3) is 0.625. The summed E-state index contributed by atoms with van der Waals surface area (Å²) in [6.07, 6.45) is 0.850. The van der Waals surface area contributed by atoms with Crippen LogP contribution in [0.15, 0.2) is 10.6 Å². The van der Waals surface area contributed by atoms with Crippen molar-refractivity contribution in [1.82, 2.24) is 4.98 Å². The van der Waals surface area contributed by atoms with E-state index in [2.05, 4.69) is 4.98 Å². The summed E-state index contributed by atoms with van der Waals surface area (Å²) in [5.74, 6) is -2.31. The third-order valence-corrected chi connectivity index (χ3v) is 1.45. The first-order valence-corrected chi connectivity index (χ1v) is 3.96. The Kier molecular flexibility index (Phi) is 2.66. The first-order valence-electron chi connectivity index (χ1n) is 3.96. The van der Waals surface area contributed by atoms with E-state index in [0.717, 1.165) is 6.92 Å². The largest absolute Gasteiger partial charge is 0.444 e. The van der Waals surface area contributed by atoms with Gasteiger partial charge in [-0.15, -0.1) is 0 Å². The van der Waals surface area contributed by atoms with E-state index in [4.69, 9.17) is 10.2 Å². The molecule has 0 amide bonds. The van der Waals surface area contributed by atoms with Crippen molar-refractivity contribution < 1.29 is 13.2 Å². The third-order valence-electron chi connectivity index (χ3n) is 1.45. The highest BCUT2D eigenvalue weighted by Gasteiger charge is 2.24. The number of halogens is 2. The van der Waals surface area contributed by atoms with Crippen molar-refractivity contribution >= 4 is 0 Å². The minimum Gasteiger partial charge on any atom is -0.444 e. The lowest BCUT2D eigenvalue weighted by molar-refractivity contribution is 0.0173. The standard InChI is InChI=1S/C8H12F2N2O/c1-5(11)7-12-4-6(13-7)3-8(2,9)10/h4-5H,3,11H2,1-2H3. The van der Waals surface area contributed by atoms with Crippen molar-refractivity contribution in [2.75, 3.05) is 0 Å². The number of hydrogen-bond donors (Lipinski definition) is 1. The van der Waals surface area contributed by atoms with Gasteiger partial charge < -0.3 is 10.2 Å². The summed E-state index contributed by atoms with van der Waals surface area (Å²) < 4.78 is 30.0. The molecule has 0 saturated heterocycles. The first-order chi connectivity index (χ1) is 5.88. The van der Waals surface area contributed by atoms with Gasteiger partial charge in [0.1, 0.15) is 5.76 Å². The van der Waals surface area contributed by atoms with Crippen LogP contribution in [-0.4, -0.2) is 10.9 Å². The van der Waals surface area contributed by atoms with E-state index in [1.165, 1.54) is 6.20 Å². The predicted octanol–water partition coefficient (Wildman–Crippen LogP) is 1.89. The van der Waals surface area contributed by atoms with Gasteiger partial charge in [0.05, 0.1) is 18.7 Å². The molecule has 0 radical (unpaired) electrons. The van der Waals surface area contributed by atoms with Crippen LogP contribution in [0.2, 0.25) is 0 Å². The van der Waals surface area contributed by atoms with Crippen LogP contribution >= 0.6 is 0 Å². The van der Waals surface area contributed by atoms with Crippen LogP contribution in [0.25, 0.3) is 0 Å². The molecule has 0 aromatic carbocycles. The highest BCUT2D eigenvalue weighted by molar-refractivity contribution is 4.98. The van der Waals surface area contributed by atoms with Gasteiger partial charge in [-0.3, -0.25) is 0 Å². The van der Waals surface area contributed by atoms with Crippen LogP contribution in [0.5, 0.6) is 0 Å². The van der Waals surface area contributed by atoms with E-state index in [-0.39, 0.29) is 11.8 Å². The first kappa shape index (κ1) is 10.1. The van der Waals surface area contributed by atoms with Gasteiger partial charge in [0.2, 0.25) is 5.89 Å². The zero-order chi connectivity index (χ0) is 10.1. The normalized spacial score (nSPS) is 14.5. The molecule has 0 saturated carbocycles. The number of nitrogens with two attached hydrogens (primary N) is 1. The lowest BCUT2D eigenvalue weighted by Gasteiger charge is -2.06. The molecule has 13 heavy (non-hydrogen) atoms. The maximum Gasteiger partial charge on any atom is 0.252 e. The van der Waals surface area contributed by atoms with Gasteiger partial charge in [0.25, 0.3) is 5.92 Å². The Bertz CT molecular complexity index is 278. The monoisotopic (exact) mass is 190 g/mol. The van der Waals surface area contributed by atoms with Crippen molar-refractivity contribution in [3.63, 3.8) is 0 Å². The van der Waals surface area contributed by atoms with Crippen LogP contribution in [0.3, 0.4) is 0 Å². The fourth-order valence-corrected chi connectivity index (χ4v) is 0.921. The predicted molar refractivity (Wildman–Crippen MR) is 43.4 cm³/mol. The molecule has 5 heteroatoms. The lowest BCUT2D eigenvalue weighted by atomic mass is 10.2. The molecule has 3 nitrogen and oxygen atoms in total. The van der Waals surface area contributed by atoms with E-state index < -0.39 is 12.3 Å². The Labute approximate surface area is 74.9 Å². The van der Waals surface area contributed by atoms with E-state index in [0.29, 0.717) is 5.89 Å². The van der Waals surface area contributed by atoms with Crippen LogP contribution in [0.4, 0.5) is 8.78 Å². The Morgan fingerprint density at radius 3 is 2.69 bits per heavy atom. The minimum atomic E-state index is -2.77. The summed E-state index contributed by atoms with van der Waals surface area (Å²) in [5.41, 5.74) is 5.45. The van der Waals surface area contributed by atoms with Crippen molar-refractivity contribution in [3.05, 3.63) is 17.8 Å². The molecule has 1 aromatic heterocycles. The van der Waals surface area contributed by atoms with Gasteiger partial charge in [-0.25, -0.2) is 13.8 Å². The SMILES string of the molecule is CC(N)c1ncc(CC(C)(F)F)o1. The van der Waals surface area contributed by atoms with Gasteiger partial charge in [0, 0.05) is 0 Å². The Morgan fingerprint density at radius 2 is 2.31 bits per heavy atom. The molecule has 1 atom stereocenters. The van der Waals surface area contributed by atoms with Gasteiger partial charge >= 0.3 is 0 Å². The van der Waals surface area contributed by atoms with Gasteiger partial charge in [0.15, 0.2) is 0 Å². The fourth-order valence-electron chi connectivity index (χ4n) is 0.921. The van der Waals surface area contributed by atoms with E-state index >= 15 is 0 Å². The quantitative estimate of drug-likeness (QED) is 0.791. The highest BCUT2D eigenvalue weighted by Crippen LogP contribution is 2.20. The molecule has 0 spiro atoms. The Morgan fingerprint density at radius 1 is 1.69 bits per heavy atom. The second-order valence-electron chi connectivity index (χ2n) is 3.20. The van der Waals surface area contributed by atoms with Crippen molar-refractivity contribution in [3.8, 4) is 0 Å². The zero-order valence-corrected chi connectivity index (χ0v) is 7.55. The average Bonchev–Trinajstić information content (AvgIpc) is 2.31. The van der Waals surface area contributed by atoms with Gasteiger partial charge in [-0.2, -0.15) is 0 Å². The molecular weight excluding hydrogens is 178 g/mol. The third kappa shape index (κ3) is 3.10. The molecule has 74 valence electrons. The second kappa shape index (κ2) is 3.41. The maximum atomic E-state index is 12.5. The number of alkyl halides is 2. The summed E-state index contributed by atoms with van der Waals surface area (Å²) in [6, 6.07) is -0.362. The molecule has 1 unspecified atom stereocenters. The van der Waals surface area contributed by atoms with Crippen molar-refractivity contribution in [1.29, 1.82) is 0 Å². The van der Waals surface area contributed by atoms with Crippen molar-refractivity contribution in [2.24, 2.45) is 5.73 Å². The lowest BCUT2D eigenvalue weighted by Crippen LogP contribution is -2.12. The Hall–Kier alpha value is -0.970. The smallest absolute Gasteiger partial charge is 0.252 e. The highest BCUT2D eigenvalue weighted by atomic mass is 19.3. The van der Waals surface area contributed by atoms with Crippen LogP contribution < -0.4 is 5.73 Å². The molecule has 0 fully saturated rings. The topological polar surface area (TPSA) is 52.0 Å².